The predicted octanol–water partition coefficient (Wildman–Crippen LogP) is 4.70. The third kappa shape index (κ3) is 3.33. The number of fused-ring (bicyclic) bond motifs is 1. The maximum atomic E-state index is 12.9. The zero-order valence-electron chi connectivity index (χ0n) is 15.1. The van der Waals surface area contributed by atoms with E-state index >= 15 is 0 Å². The molecule has 4 heterocycles. The first kappa shape index (κ1) is 17.5. The minimum atomic E-state index is 0.0777. The number of aryl methyl sites for hydroxylation is 1. The van der Waals surface area contributed by atoms with E-state index in [0.29, 0.717) is 24.6 Å². The van der Waals surface area contributed by atoms with Crippen LogP contribution in [-0.2, 0) is 11.2 Å². The van der Waals surface area contributed by atoms with Gasteiger partial charge in [-0.15, -0.1) is 11.3 Å². The SMILES string of the molecule is O=C(CCc1nc(-c2ccsc2)no1)N1CCC[C@H]1c1nc2ccccc2s1. The molecule has 0 aliphatic carbocycles. The molecule has 0 spiro atoms. The molecule has 0 radical (unpaired) electrons. The molecule has 1 amide bonds. The normalized spacial score (nSPS) is 16.9. The van der Waals surface area contributed by atoms with E-state index in [0.717, 1.165) is 35.5 Å². The van der Waals surface area contributed by atoms with Crippen molar-refractivity contribution in [2.45, 2.75) is 31.7 Å². The van der Waals surface area contributed by atoms with Gasteiger partial charge in [0.2, 0.25) is 17.6 Å². The Bertz CT molecular complexity index is 1070. The van der Waals surface area contributed by atoms with E-state index < -0.39 is 0 Å². The topological polar surface area (TPSA) is 72.1 Å². The summed E-state index contributed by atoms with van der Waals surface area (Å²) in [5, 5.41) is 9.00. The van der Waals surface area contributed by atoms with Gasteiger partial charge in [0.1, 0.15) is 5.01 Å². The molecule has 1 aliphatic heterocycles. The van der Waals surface area contributed by atoms with Crippen molar-refractivity contribution in [3.63, 3.8) is 0 Å². The first-order valence-electron chi connectivity index (χ1n) is 9.28. The second-order valence-electron chi connectivity index (χ2n) is 6.79. The lowest BCUT2D eigenvalue weighted by Crippen LogP contribution is -2.30. The van der Waals surface area contributed by atoms with E-state index in [-0.39, 0.29) is 11.9 Å². The standard InChI is InChI=1S/C20H18N4O2S2/c25-18(8-7-17-22-19(23-26-17)13-9-11-27-12-13)24-10-3-5-15(24)20-21-14-4-1-2-6-16(14)28-20/h1-2,4,6,9,11-12,15H,3,5,7-8,10H2/t15-/m0/s1. The minimum absolute atomic E-state index is 0.0777. The van der Waals surface area contributed by atoms with E-state index in [9.17, 15) is 4.79 Å². The predicted molar refractivity (Wildman–Crippen MR) is 109 cm³/mol. The van der Waals surface area contributed by atoms with Crippen molar-refractivity contribution in [1.29, 1.82) is 0 Å². The van der Waals surface area contributed by atoms with Crippen molar-refractivity contribution >= 4 is 38.8 Å². The summed E-state index contributed by atoms with van der Waals surface area (Å²) < 4.78 is 6.49. The number of likely N-dealkylation sites (tertiary alicyclic amines) is 1. The van der Waals surface area contributed by atoms with Crippen molar-refractivity contribution in [3.05, 3.63) is 52.0 Å². The van der Waals surface area contributed by atoms with Crippen LogP contribution in [0.15, 0.2) is 45.6 Å². The van der Waals surface area contributed by atoms with Gasteiger partial charge in [0.15, 0.2) is 0 Å². The average molecular weight is 411 g/mol. The Morgan fingerprint density at radius 3 is 3.04 bits per heavy atom. The molecule has 0 N–H and O–H groups in total. The molecule has 8 heteroatoms. The van der Waals surface area contributed by atoms with Crippen molar-refractivity contribution in [2.24, 2.45) is 0 Å². The van der Waals surface area contributed by atoms with E-state index in [1.807, 2.05) is 39.9 Å². The van der Waals surface area contributed by atoms with Crippen LogP contribution >= 0.6 is 22.7 Å². The summed E-state index contributed by atoms with van der Waals surface area (Å²) in [5.41, 5.74) is 1.95. The van der Waals surface area contributed by atoms with Crippen molar-refractivity contribution < 1.29 is 9.32 Å². The van der Waals surface area contributed by atoms with Gasteiger partial charge in [0.05, 0.1) is 16.3 Å². The molecule has 1 saturated heterocycles. The van der Waals surface area contributed by atoms with Gasteiger partial charge < -0.3 is 9.42 Å². The Balaban J connectivity index is 1.27. The number of thiazole rings is 1. The quantitative estimate of drug-likeness (QED) is 0.477. The Morgan fingerprint density at radius 1 is 1.25 bits per heavy atom. The largest absolute Gasteiger partial charge is 0.339 e. The average Bonchev–Trinajstić information content (AvgIpc) is 3.50. The van der Waals surface area contributed by atoms with E-state index in [1.54, 1.807) is 22.7 Å². The number of hydrogen-bond donors (Lipinski definition) is 0. The number of carbonyl (C=O) groups excluding carboxylic acids is 1. The number of aromatic nitrogens is 3. The van der Waals surface area contributed by atoms with Gasteiger partial charge in [-0.05, 0) is 36.4 Å². The smallest absolute Gasteiger partial charge is 0.227 e. The lowest BCUT2D eigenvalue weighted by molar-refractivity contribution is -0.132. The molecule has 1 aliphatic rings. The van der Waals surface area contributed by atoms with E-state index in [4.69, 9.17) is 9.51 Å². The highest BCUT2D eigenvalue weighted by atomic mass is 32.1. The Morgan fingerprint density at radius 2 is 2.18 bits per heavy atom. The Kier molecular flexibility index (Phi) is 4.66. The maximum absolute atomic E-state index is 12.9. The third-order valence-corrected chi connectivity index (χ3v) is 6.79. The van der Waals surface area contributed by atoms with Gasteiger partial charge >= 0.3 is 0 Å². The van der Waals surface area contributed by atoms with Crippen LogP contribution in [0.4, 0.5) is 0 Å². The number of benzene rings is 1. The number of para-hydroxylation sites is 1. The summed E-state index contributed by atoms with van der Waals surface area (Å²) in [4.78, 5) is 24.0. The molecular weight excluding hydrogens is 392 g/mol. The number of carbonyl (C=O) groups is 1. The molecule has 0 bridgehead atoms. The van der Waals surface area contributed by atoms with Crippen LogP contribution in [0.2, 0.25) is 0 Å². The van der Waals surface area contributed by atoms with Crippen LogP contribution in [0.3, 0.4) is 0 Å². The zero-order valence-corrected chi connectivity index (χ0v) is 16.7. The van der Waals surface area contributed by atoms with Gasteiger partial charge in [-0.25, -0.2) is 4.98 Å². The number of hydrogen-bond acceptors (Lipinski definition) is 7. The molecule has 0 unspecified atom stereocenters. The molecule has 0 saturated carbocycles. The number of amides is 1. The summed E-state index contributed by atoms with van der Waals surface area (Å²) in [6.45, 7) is 0.781. The monoisotopic (exact) mass is 410 g/mol. The van der Waals surface area contributed by atoms with E-state index in [2.05, 4.69) is 16.2 Å². The fourth-order valence-electron chi connectivity index (χ4n) is 3.58. The highest BCUT2D eigenvalue weighted by Gasteiger charge is 2.32. The minimum Gasteiger partial charge on any atom is -0.339 e. The van der Waals surface area contributed by atoms with Crippen molar-refractivity contribution in [1.82, 2.24) is 20.0 Å². The maximum Gasteiger partial charge on any atom is 0.227 e. The van der Waals surface area contributed by atoms with Gasteiger partial charge in [-0.2, -0.15) is 16.3 Å². The molecule has 142 valence electrons. The van der Waals surface area contributed by atoms with Gasteiger partial charge in [-0.1, -0.05) is 17.3 Å². The zero-order chi connectivity index (χ0) is 18.9. The molecule has 4 aromatic rings. The molecule has 1 aromatic carbocycles. The van der Waals surface area contributed by atoms with Crippen LogP contribution in [0, 0.1) is 0 Å². The van der Waals surface area contributed by atoms with Gasteiger partial charge in [0.25, 0.3) is 0 Å². The fraction of sp³-hybridized carbons (Fsp3) is 0.300. The second kappa shape index (κ2) is 7.44. The summed E-state index contributed by atoms with van der Waals surface area (Å²) in [7, 11) is 0. The van der Waals surface area contributed by atoms with Crippen LogP contribution in [0.1, 0.15) is 36.2 Å². The molecule has 28 heavy (non-hydrogen) atoms. The number of thiophene rings is 1. The van der Waals surface area contributed by atoms with Crippen LogP contribution in [0.5, 0.6) is 0 Å². The Hall–Kier alpha value is -2.58. The lowest BCUT2D eigenvalue weighted by atomic mass is 10.2. The van der Waals surface area contributed by atoms with Crippen LogP contribution in [-0.4, -0.2) is 32.5 Å². The Labute approximate surface area is 169 Å². The lowest BCUT2D eigenvalue weighted by Gasteiger charge is -2.22. The highest BCUT2D eigenvalue weighted by molar-refractivity contribution is 7.18. The van der Waals surface area contributed by atoms with Crippen molar-refractivity contribution in [2.75, 3.05) is 6.54 Å². The van der Waals surface area contributed by atoms with Gasteiger partial charge in [-0.3, -0.25) is 4.79 Å². The molecular formula is C20H18N4O2S2. The summed E-state index contributed by atoms with van der Waals surface area (Å²) in [6, 6.07) is 10.2. The number of rotatable bonds is 5. The first-order chi connectivity index (χ1) is 13.8. The van der Waals surface area contributed by atoms with Crippen LogP contribution < -0.4 is 0 Å². The summed E-state index contributed by atoms with van der Waals surface area (Å²) >= 11 is 3.28. The molecule has 3 aromatic heterocycles. The van der Waals surface area contributed by atoms with Crippen molar-refractivity contribution in [3.8, 4) is 11.4 Å². The summed E-state index contributed by atoms with van der Waals surface area (Å²) in [6.07, 6.45) is 2.80. The highest BCUT2D eigenvalue weighted by Crippen LogP contribution is 2.36. The number of nitrogens with zero attached hydrogens (tertiary/aromatic N) is 4. The van der Waals surface area contributed by atoms with Gasteiger partial charge in [0, 0.05) is 30.3 Å². The third-order valence-electron chi connectivity index (χ3n) is 4.97. The first-order valence-corrected chi connectivity index (χ1v) is 11.0. The molecule has 6 nitrogen and oxygen atoms in total. The molecule has 1 atom stereocenters. The fourth-order valence-corrected chi connectivity index (χ4v) is 5.33. The van der Waals surface area contributed by atoms with E-state index in [1.165, 1.54) is 4.70 Å². The summed E-state index contributed by atoms with van der Waals surface area (Å²) in [5.74, 6) is 1.21. The molecule has 5 rings (SSSR count). The molecule has 1 fully saturated rings. The second-order valence-corrected chi connectivity index (χ2v) is 8.63. The van der Waals surface area contributed by atoms with Crippen LogP contribution in [0.25, 0.3) is 21.6 Å².